The number of nitrogens with zero attached hydrogens (tertiary/aromatic N) is 4. The molecule has 13 heteroatoms. The molecule has 0 bridgehead atoms. The number of hydrogen-bond acceptors (Lipinski definition) is 6. The lowest BCUT2D eigenvalue weighted by Gasteiger charge is -2.49. The highest BCUT2D eigenvalue weighted by atomic mass is 35.5. The van der Waals surface area contributed by atoms with Crippen LogP contribution in [0.2, 0.25) is 5.02 Å². The molecular formula is C33H28ClFN6O4S. The number of likely N-dealkylation sites (tertiary alicyclic amines) is 1. The number of benzene rings is 3. The maximum Gasteiger partial charge on any atom is 0.321 e. The molecule has 234 valence electrons. The molecule has 3 amide bonds. The number of anilines is 2. The minimum atomic E-state index is -3.63. The van der Waals surface area contributed by atoms with E-state index >= 15 is 0 Å². The largest absolute Gasteiger partial charge is 0.326 e. The van der Waals surface area contributed by atoms with Gasteiger partial charge in [-0.25, -0.2) is 27.6 Å². The van der Waals surface area contributed by atoms with Gasteiger partial charge in [-0.15, -0.1) is 0 Å². The molecule has 46 heavy (non-hydrogen) atoms. The molecule has 7 rings (SSSR count). The predicted octanol–water partition coefficient (Wildman–Crippen LogP) is 5.60. The molecule has 1 unspecified atom stereocenters. The molecule has 0 aliphatic carbocycles. The van der Waals surface area contributed by atoms with Gasteiger partial charge in [0.15, 0.2) is 9.84 Å². The van der Waals surface area contributed by atoms with Crippen LogP contribution < -0.4 is 10.6 Å². The van der Waals surface area contributed by atoms with E-state index in [0.717, 1.165) is 22.2 Å². The van der Waals surface area contributed by atoms with Crippen molar-refractivity contribution in [2.75, 3.05) is 29.5 Å². The third-order valence-electron chi connectivity index (χ3n) is 8.76. The second-order valence-electron chi connectivity index (χ2n) is 11.6. The summed E-state index contributed by atoms with van der Waals surface area (Å²) >= 11 is 6.56. The first kappa shape index (κ1) is 29.9. The van der Waals surface area contributed by atoms with Crippen LogP contribution in [0.3, 0.4) is 0 Å². The third-order valence-corrected chi connectivity index (χ3v) is 11.6. The molecule has 4 heterocycles. The van der Waals surface area contributed by atoms with E-state index in [4.69, 9.17) is 11.6 Å². The molecule has 5 aromatic rings. The van der Waals surface area contributed by atoms with E-state index in [9.17, 15) is 22.4 Å². The van der Waals surface area contributed by atoms with Crippen molar-refractivity contribution in [2.24, 2.45) is 5.92 Å². The lowest BCUT2D eigenvalue weighted by molar-refractivity contribution is -0.122. The zero-order valence-corrected chi connectivity index (χ0v) is 25.9. The summed E-state index contributed by atoms with van der Waals surface area (Å²) < 4.78 is 40.7. The van der Waals surface area contributed by atoms with Crippen LogP contribution in [0.15, 0.2) is 91.4 Å². The Labute approximate surface area is 269 Å². The first-order valence-electron chi connectivity index (χ1n) is 14.6. The fourth-order valence-corrected chi connectivity index (χ4v) is 8.86. The van der Waals surface area contributed by atoms with Crippen LogP contribution in [0, 0.1) is 11.7 Å². The van der Waals surface area contributed by atoms with Gasteiger partial charge in [-0.3, -0.25) is 4.79 Å². The molecular weight excluding hydrogens is 631 g/mol. The van der Waals surface area contributed by atoms with Crippen LogP contribution in [-0.2, 0) is 21.2 Å². The van der Waals surface area contributed by atoms with Crippen molar-refractivity contribution in [3.8, 4) is 11.1 Å². The Balaban J connectivity index is 1.10. The lowest BCUT2D eigenvalue weighted by Crippen LogP contribution is -2.70. The molecule has 2 aliphatic heterocycles. The molecule has 0 saturated carbocycles. The summed E-state index contributed by atoms with van der Waals surface area (Å²) in [4.78, 5) is 36.5. The van der Waals surface area contributed by atoms with Gasteiger partial charge in [-0.2, -0.15) is 0 Å². The molecule has 0 radical (unpaired) electrons. The van der Waals surface area contributed by atoms with Gasteiger partial charge in [0.1, 0.15) is 16.4 Å². The van der Waals surface area contributed by atoms with Crippen LogP contribution in [0.4, 0.5) is 20.7 Å². The molecule has 1 spiro atoms. The number of carbonyl (C=O) groups excluding carboxylic acids is 2. The first-order valence-corrected chi connectivity index (χ1v) is 16.6. The highest BCUT2D eigenvalue weighted by molar-refractivity contribution is 7.93. The highest BCUT2D eigenvalue weighted by Crippen LogP contribution is 2.45. The fraction of sp³-hybridized carbons (Fsp3) is 0.212. The molecule has 2 N–H and O–H groups in total. The second-order valence-corrected chi connectivity index (χ2v) is 14.5. The van der Waals surface area contributed by atoms with E-state index in [0.29, 0.717) is 22.8 Å². The monoisotopic (exact) mass is 658 g/mol. The van der Waals surface area contributed by atoms with E-state index < -0.39 is 32.4 Å². The summed E-state index contributed by atoms with van der Waals surface area (Å²) in [6, 6.07) is 22.1. The number of fused-ring (bicyclic) bond motifs is 1. The fourth-order valence-electron chi connectivity index (χ4n) is 6.33. The minimum absolute atomic E-state index is 0.0747. The van der Waals surface area contributed by atoms with E-state index in [1.165, 1.54) is 23.2 Å². The molecule has 2 fully saturated rings. The molecule has 2 saturated heterocycles. The molecule has 1 atom stereocenters. The Kier molecular flexibility index (Phi) is 7.48. The maximum atomic E-state index is 13.8. The van der Waals surface area contributed by atoms with E-state index in [1.807, 2.05) is 34.9 Å². The van der Waals surface area contributed by atoms with Crippen molar-refractivity contribution < 1.29 is 22.4 Å². The van der Waals surface area contributed by atoms with Crippen LogP contribution in [0.5, 0.6) is 0 Å². The average molecular weight is 659 g/mol. The maximum absolute atomic E-state index is 13.8. The van der Waals surface area contributed by atoms with Gasteiger partial charge < -0.3 is 20.1 Å². The molecule has 10 nitrogen and oxygen atoms in total. The van der Waals surface area contributed by atoms with Gasteiger partial charge in [-0.05, 0) is 60.0 Å². The first-order chi connectivity index (χ1) is 22.1. The van der Waals surface area contributed by atoms with Gasteiger partial charge in [0.2, 0.25) is 5.91 Å². The van der Waals surface area contributed by atoms with Crippen LogP contribution in [-0.4, -0.2) is 63.4 Å². The smallest absolute Gasteiger partial charge is 0.321 e. The zero-order chi connectivity index (χ0) is 32.1. The van der Waals surface area contributed by atoms with Crippen molar-refractivity contribution in [1.82, 2.24) is 19.4 Å². The number of hydrogen-bond donors (Lipinski definition) is 2. The summed E-state index contributed by atoms with van der Waals surface area (Å²) in [6.07, 6.45) is 3.27. The summed E-state index contributed by atoms with van der Waals surface area (Å²) in [5, 5.41) is 5.92. The number of sulfone groups is 1. The topological polar surface area (TPSA) is 126 Å². The van der Waals surface area contributed by atoms with Crippen molar-refractivity contribution in [3.05, 3.63) is 108 Å². The van der Waals surface area contributed by atoms with E-state index in [-0.39, 0.29) is 36.9 Å². The molecule has 3 aromatic carbocycles. The Bertz CT molecular complexity index is 2100. The molecule has 2 aliphatic rings. The zero-order valence-electron chi connectivity index (χ0n) is 24.4. The number of halogens is 2. The van der Waals surface area contributed by atoms with Crippen LogP contribution in [0.1, 0.15) is 12.0 Å². The van der Waals surface area contributed by atoms with Crippen molar-refractivity contribution in [1.29, 1.82) is 0 Å². The number of pyridine rings is 1. The summed E-state index contributed by atoms with van der Waals surface area (Å²) in [6.45, 7) is 0.268. The molecule has 2 aromatic heterocycles. The normalized spacial score (nSPS) is 18.0. The SMILES string of the molecule is O=C(Nc1cc(-c2ccc3ncn(Cc4cccc(F)c4)c3c2)c(Cl)cn1)C1CCS(=O)(=O)C12CN(C(=O)Nc1ccccc1)C2. The standard InChI is InChI=1S/C33H28ClFN6O4S/c34-27-16-36-30(15-25(27)22-9-10-28-29(14-22)40(20-37-28)17-21-5-4-6-23(35)13-21)39-31(42)26-11-12-46(44,45)33(26)18-41(19-33)32(43)38-24-7-2-1-3-8-24/h1-10,13-16,20,26H,11-12,17-19H2,(H,38,43)(H,36,39,42). The quantitative estimate of drug-likeness (QED) is 0.245. The summed E-state index contributed by atoms with van der Waals surface area (Å²) in [7, 11) is -3.63. The van der Waals surface area contributed by atoms with Crippen molar-refractivity contribution in [3.63, 3.8) is 0 Å². The van der Waals surface area contributed by atoms with Crippen LogP contribution >= 0.6 is 11.6 Å². The number of amides is 3. The number of nitrogens with one attached hydrogen (secondary N) is 2. The minimum Gasteiger partial charge on any atom is -0.326 e. The van der Waals surface area contributed by atoms with E-state index in [2.05, 4.69) is 20.6 Å². The van der Waals surface area contributed by atoms with Gasteiger partial charge in [0.25, 0.3) is 0 Å². The number of imidazole rings is 1. The van der Waals surface area contributed by atoms with Gasteiger partial charge >= 0.3 is 6.03 Å². The average Bonchev–Trinajstić information content (AvgIpc) is 3.54. The van der Waals surface area contributed by atoms with Crippen LogP contribution in [0.25, 0.3) is 22.2 Å². The number of carbonyl (C=O) groups is 2. The summed E-state index contributed by atoms with van der Waals surface area (Å²) in [5.74, 6) is -1.57. The number of urea groups is 1. The Morgan fingerprint density at radius 2 is 1.78 bits per heavy atom. The predicted molar refractivity (Wildman–Crippen MR) is 174 cm³/mol. The third kappa shape index (κ3) is 5.37. The van der Waals surface area contributed by atoms with E-state index in [1.54, 1.807) is 42.7 Å². The Morgan fingerprint density at radius 3 is 2.57 bits per heavy atom. The summed E-state index contributed by atoms with van der Waals surface area (Å²) in [5.41, 5.74) is 4.29. The van der Waals surface area contributed by atoms with Gasteiger partial charge in [0, 0.05) is 37.1 Å². The number of para-hydroxylation sites is 1. The van der Waals surface area contributed by atoms with Gasteiger partial charge in [-0.1, -0.05) is 48.0 Å². The second kappa shape index (κ2) is 11.5. The number of aromatic nitrogens is 3. The Hall–Kier alpha value is -4.81. The highest BCUT2D eigenvalue weighted by Gasteiger charge is 2.64. The Morgan fingerprint density at radius 1 is 0.978 bits per heavy atom. The number of rotatable bonds is 6. The van der Waals surface area contributed by atoms with Crippen molar-refractivity contribution in [2.45, 2.75) is 17.7 Å². The van der Waals surface area contributed by atoms with Gasteiger partial charge in [0.05, 0.1) is 34.1 Å². The lowest BCUT2D eigenvalue weighted by atomic mass is 9.82. The van der Waals surface area contributed by atoms with Crippen molar-refractivity contribution >= 4 is 55.9 Å².